The number of benzene rings is 1. The SMILES string of the molecule is CCOC(=O)CCCNC(=NC)NCCc1ccc(-n2cccn2)cc1. The Morgan fingerprint density at radius 3 is 2.65 bits per heavy atom. The molecular weight excluding hydrogens is 330 g/mol. The van der Waals surface area contributed by atoms with E-state index in [1.807, 2.05) is 23.9 Å². The van der Waals surface area contributed by atoms with Crippen molar-refractivity contribution >= 4 is 11.9 Å². The number of aliphatic imine (C=N–C) groups is 1. The average Bonchev–Trinajstić information content (AvgIpc) is 3.19. The van der Waals surface area contributed by atoms with Crippen LogP contribution in [0.4, 0.5) is 0 Å². The van der Waals surface area contributed by atoms with Gasteiger partial charge in [0, 0.05) is 39.0 Å². The van der Waals surface area contributed by atoms with E-state index in [2.05, 4.69) is 45.0 Å². The molecule has 140 valence electrons. The molecule has 7 heteroatoms. The number of carbonyl (C=O) groups is 1. The van der Waals surface area contributed by atoms with Crippen LogP contribution in [0.3, 0.4) is 0 Å². The second kappa shape index (κ2) is 10.9. The van der Waals surface area contributed by atoms with Gasteiger partial charge in [0.25, 0.3) is 0 Å². The minimum absolute atomic E-state index is 0.157. The number of nitrogens with one attached hydrogen (secondary N) is 2. The molecular formula is C19H27N5O2. The van der Waals surface area contributed by atoms with Gasteiger partial charge >= 0.3 is 5.97 Å². The molecule has 0 saturated carbocycles. The fraction of sp³-hybridized carbons (Fsp3) is 0.421. The first-order valence-corrected chi connectivity index (χ1v) is 8.92. The van der Waals surface area contributed by atoms with Crippen LogP contribution in [0.5, 0.6) is 0 Å². The topological polar surface area (TPSA) is 80.5 Å². The van der Waals surface area contributed by atoms with Gasteiger partial charge in [0.05, 0.1) is 12.3 Å². The van der Waals surface area contributed by atoms with Crippen molar-refractivity contribution in [3.8, 4) is 5.69 Å². The van der Waals surface area contributed by atoms with Crippen molar-refractivity contribution in [2.45, 2.75) is 26.2 Å². The molecule has 0 saturated heterocycles. The summed E-state index contributed by atoms with van der Waals surface area (Å²) in [7, 11) is 1.74. The Morgan fingerprint density at radius 1 is 1.23 bits per heavy atom. The van der Waals surface area contributed by atoms with E-state index in [-0.39, 0.29) is 5.97 Å². The van der Waals surface area contributed by atoms with Crippen LogP contribution in [0, 0.1) is 0 Å². The number of hydrogen-bond donors (Lipinski definition) is 2. The zero-order valence-corrected chi connectivity index (χ0v) is 15.4. The molecule has 0 aliphatic heterocycles. The third-order valence-corrected chi connectivity index (χ3v) is 3.79. The van der Waals surface area contributed by atoms with Gasteiger partial charge in [-0.05, 0) is 43.5 Å². The van der Waals surface area contributed by atoms with Crippen molar-refractivity contribution in [3.63, 3.8) is 0 Å². The lowest BCUT2D eigenvalue weighted by molar-refractivity contribution is -0.143. The molecule has 26 heavy (non-hydrogen) atoms. The largest absolute Gasteiger partial charge is 0.466 e. The normalized spacial score (nSPS) is 11.2. The third-order valence-electron chi connectivity index (χ3n) is 3.79. The number of aromatic nitrogens is 2. The van der Waals surface area contributed by atoms with Crippen LogP contribution in [-0.4, -0.2) is 48.5 Å². The molecule has 2 rings (SSSR count). The van der Waals surface area contributed by atoms with Gasteiger partial charge in [0.1, 0.15) is 0 Å². The van der Waals surface area contributed by atoms with E-state index in [4.69, 9.17) is 4.74 Å². The van der Waals surface area contributed by atoms with E-state index >= 15 is 0 Å². The Labute approximate surface area is 154 Å². The fourth-order valence-corrected chi connectivity index (χ4v) is 2.46. The first-order valence-electron chi connectivity index (χ1n) is 8.92. The molecule has 0 spiro atoms. The second-order valence-corrected chi connectivity index (χ2v) is 5.70. The van der Waals surface area contributed by atoms with E-state index in [1.165, 1.54) is 5.56 Å². The summed E-state index contributed by atoms with van der Waals surface area (Å²) in [5.41, 5.74) is 2.29. The van der Waals surface area contributed by atoms with Crippen molar-refractivity contribution in [1.82, 2.24) is 20.4 Å². The number of nitrogens with zero attached hydrogens (tertiary/aromatic N) is 3. The molecule has 0 aliphatic rings. The highest BCUT2D eigenvalue weighted by Crippen LogP contribution is 2.08. The summed E-state index contributed by atoms with van der Waals surface area (Å²) in [6.07, 6.45) is 5.72. The molecule has 2 N–H and O–H groups in total. The highest BCUT2D eigenvalue weighted by molar-refractivity contribution is 5.79. The highest BCUT2D eigenvalue weighted by Gasteiger charge is 2.02. The zero-order valence-electron chi connectivity index (χ0n) is 15.4. The smallest absolute Gasteiger partial charge is 0.305 e. The monoisotopic (exact) mass is 357 g/mol. The van der Waals surface area contributed by atoms with Gasteiger partial charge < -0.3 is 15.4 Å². The van der Waals surface area contributed by atoms with Crippen molar-refractivity contribution in [2.24, 2.45) is 4.99 Å². The molecule has 7 nitrogen and oxygen atoms in total. The molecule has 0 bridgehead atoms. The summed E-state index contributed by atoms with van der Waals surface area (Å²) >= 11 is 0. The minimum Gasteiger partial charge on any atom is -0.466 e. The maximum Gasteiger partial charge on any atom is 0.305 e. The van der Waals surface area contributed by atoms with Crippen molar-refractivity contribution in [3.05, 3.63) is 48.3 Å². The maximum atomic E-state index is 11.3. The maximum absolute atomic E-state index is 11.3. The van der Waals surface area contributed by atoms with Gasteiger partial charge in [0.15, 0.2) is 5.96 Å². The van der Waals surface area contributed by atoms with Gasteiger partial charge in [-0.25, -0.2) is 4.68 Å². The number of rotatable bonds is 9. The summed E-state index contributed by atoms with van der Waals surface area (Å²) in [6.45, 7) is 3.70. The van der Waals surface area contributed by atoms with E-state index in [1.54, 1.807) is 13.2 Å². The summed E-state index contributed by atoms with van der Waals surface area (Å²) in [5.74, 6) is 0.581. The summed E-state index contributed by atoms with van der Waals surface area (Å²) in [6, 6.07) is 10.2. The van der Waals surface area contributed by atoms with Crippen LogP contribution in [0.25, 0.3) is 5.69 Å². The van der Waals surface area contributed by atoms with E-state index < -0.39 is 0 Å². The number of guanidine groups is 1. The summed E-state index contributed by atoms with van der Waals surface area (Å²) in [5, 5.41) is 10.7. The van der Waals surface area contributed by atoms with Gasteiger partial charge in [-0.3, -0.25) is 9.79 Å². The first kappa shape index (κ1) is 19.5. The quantitative estimate of drug-likeness (QED) is 0.310. The molecule has 0 atom stereocenters. The fourth-order valence-electron chi connectivity index (χ4n) is 2.46. The molecule has 1 heterocycles. The molecule has 1 aromatic carbocycles. The van der Waals surface area contributed by atoms with Gasteiger partial charge in [-0.15, -0.1) is 0 Å². The van der Waals surface area contributed by atoms with Crippen LogP contribution in [0.1, 0.15) is 25.3 Å². The van der Waals surface area contributed by atoms with Crippen LogP contribution in [-0.2, 0) is 16.0 Å². The number of hydrogen-bond acceptors (Lipinski definition) is 4. The van der Waals surface area contributed by atoms with Gasteiger partial charge in [0.2, 0.25) is 0 Å². The molecule has 0 radical (unpaired) electrons. The lowest BCUT2D eigenvalue weighted by atomic mass is 10.1. The van der Waals surface area contributed by atoms with Crippen molar-refractivity contribution < 1.29 is 9.53 Å². The average molecular weight is 357 g/mol. The second-order valence-electron chi connectivity index (χ2n) is 5.70. The number of carbonyl (C=O) groups excluding carboxylic acids is 1. The lowest BCUT2D eigenvalue weighted by Crippen LogP contribution is -2.38. The Bertz CT molecular complexity index is 680. The molecule has 2 aromatic rings. The van der Waals surface area contributed by atoms with E-state index in [0.29, 0.717) is 26.0 Å². The standard InChI is InChI=1S/C19H27N5O2/c1-3-26-18(25)6-4-12-21-19(20-2)22-14-11-16-7-9-17(10-8-16)24-15-5-13-23-24/h5,7-10,13,15H,3-4,6,11-12,14H2,1-2H3,(H2,20,21,22). The van der Waals surface area contributed by atoms with Gasteiger partial charge in [-0.1, -0.05) is 12.1 Å². The predicted octanol–water partition coefficient (Wildman–Crippen LogP) is 1.92. The summed E-state index contributed by atoms with van der Waals surface area (Å²) in [4.78, 5) is 15.5. The van der Waals surface area contributed by atoms with E-state index in [0.717, 1.165) is 24.6 Å². The van der Waals surface area contributed by atoms with Crippen LogP contribution in [0.15, 0.2) is 47.7 Å². The van der Waals surface area contributed by atoms with E-state index in [9.17, 15) is 4.79 Å². The Hall–Kier alpha value is -2.83. The molecule has 0 unspecified atom stereocenters. The van der Waals surface area contributed by atoms with Crippen molar-refractivity contribution in [2.75, 3.05) is 26.7 Å². The van der Waals surface area contributed by atoms with Crippen LogP contribution < -0.4 is 10.6 Å². The predicted molar refractivity (Wildman–Crippen MR) is 102 cm³/mol. The molecule has 0 fully saturated rings. The lowest BCUT2D eigenvalue weighted by Gasteiger charge is -2.12. The Kier molecular flexibility index (Phi) is 8.18. The Morgan fingerprint density at radius 2 is 2.00 bits per heavy atom. The highest BCUT2D eigenvalue weighted by atomic mass is 16.5. The van der Waals surface area contributed by atoms with Gasteiger partial charge in [-0.2, -0.15) is 5.10 Å². The number of ether oxygens (including phenoxy) is 1. The molecule has 1 aromatic heterocycles. The Balaban J connectivity index is 1.66. The molecule has 0 aliphatic carbocycles. The third kappa shape index (κ3) is 6.58. The van der Waals surface area contributed by atoms with Crippen molar-refractivity contribution in [1.29, 1.82) is 0 Å². The minimum atomic E-state index is -0.157. The zero-order chi connectivity index (χ0) is 18.6. The number of esters is 1. The molecule has 0 amide bonds. The summed E-state index contributed by atoms with van der Waals surface area (Å²) < 4.78 is 6.74. The van der Waals surface area contributed by atoms with Crippen LogP contribution in [0.2, 0.25) is 0 Å². The van der Waals surface area contributed by atoms with Crippen LogP contribution >= 0.6 is 0 Å². The first-order chi connectivity index (χ1) is 12.7.